The fraction of sp³-hybridized carbons (Fsp3) is 0.560. The zero-order chi connectivity index (χ0) is 25.4. The lowest BCUT2D eigenvalue weighted by atomic mass is 9.62. The third-order valence-corrected chi connectivity index (χ3v) is 8.34. The second kappa shape index (κ2) is 10.1. The van der Waals surface area contributed by atoms with E-state index < -0.39 is 33.2 Å². The molecule has 35 heavy (non-hydrogen) atoms. The summed E-state index contributed by atoms with van der Waals surface area (Å²) in [5.41, 5.74) is 5.37. The Morgan fingerprint density at radius 1 is 1.31 bits per heavy atom. The van der Waals surface area contributed by atoms with Gasteiger partial charge in [0.2, 0.25) is 15.9 Å². The van der Waals surface area contributed by atoms with E-state index in [0.717, 1.165) is 43.1 Å². The van der Waals surface area contributed by atoms with E-state index in [2.05, 4.69) is 4.72 Å². The number of carbonyl (C=O) groups excluding carboxylic acids is 1. The van der Waals surface area contributed by atoms with Crippen molar-refractivity contribution in [1.29, 1.82) is 0 Å². The van der Waals surface area contributed by atoms with Gasteiger partial charge in [-0.15, -0.1) is 0 Å². The molecule has 1 fully saturated rings. The topological polar surface area (TPSA) is 108 Å². The number of carbonyl (C=O) groups is 1. The molecule has 1 aliphatic heterocycles. The minimum absolute atomic E-state index is 0.132. The van der Waals surface area contributed by atoms with Crippen molar-refractivity contribution in [2.24, 2.45) is 5.73 Å². The first-order valence-electron chi connectivity index (χ1n) is 11.9. The van der Waals surface area contributed by atoms with Crippen molar-refractivity contribution in [1.82, 2.24) is 4.72 Å². The number of benzene rings is 1. The molecule has 192 valence electrons. The number of fused-ring (bicyclic) bond motifs is 1. The molecule has 0 aromatic heterocycles. The van der Waals surface area contributed by atoms with E-state index in [-0.39, 0.29) is 12.3 Å². The highest BCUT2D eigenvalue weighted by atomic mass is 35.5. The molecule has 1 amide bonds. The second-order valence-electron chi connectivity index (χ2n) is 9.83. The van der Waals surface area contributed by atoms with Crippen LogP contribution in [0.4, 0.5) is 0 Å². The molecule has 7 nitrogen and oxygen atoms in total. The van der Waals surface area contributed by atoms with Gasteiger partial charge in [0, 0.05) is 29.5 Å². The third kappa shape index (κ3) is 5.42. The number of rotatable bonds is 9. The molecule has 1 aromatic carbocycles. The van der Waals surface area contributed by atoms with Crippen LogP contribution in [-0.2, 0) is 19.6 Å². The standard InChI is InChI=1S/C25H32Cl2N2O5S/c1-3-12-33-23-16(7-8-21(28)30)6-4-11-25(23,29-35(2,31)32)19-15-24(9-5-10-24)34-22-18(19)13-17(26)14-20(22)27/h4,6,11,13-14,19,23,29H,3,5,7-10,12,15H2,1-2H3,(H2,28,30). The Morgan fingerprint density at radius 3 is 2.66 bits per heavy atom. The summed E-state index contributed by atoms with van der Waals surface area (Å²) in [6, 6.07) is 3.45. The fourth-order valence-electron chi connectivity index (χ4n) is 5.54. The minimum atomic E-state index is -3.70. The summed E-state index contributed by atoms with van der Waals surface area (Å²) in [7, 11) is -3.70. The molecule has 2 aliphatic carbocycles. The van der Waals surface area contributed by atoms with Crippen molar-refractivity contribution in [3.8, 4) is 5.75 Å². The first-order chi connectivity index (χ1) is 16.5. The summed E-state index contributed by atoms with van der Waals surface area (Å²) in [5.74, 6) is -0.273. The molecule has 3 unspecified atom stereocenters. The summed E-state index contributed by atoms with van der Waals surface area (Å²) in [4.78, 5) is 11.6. The minimum Gasteiger partial charge on any atom is -0.485 e. The highest BCUT2D eigenvalue weighted by Crippen LogP contribution is 2.57. The fourth-order valence-corrected chi connectivity index (χ4v) is 7.05. The number of nitrogens with one attached hydrogen (secondary N) is 1. The van der Waals surface area contributed by atoms with E-state index in [9.17, 15) is 13.2 Å². The highest BCUT2D eigenvalue weighted by molar-refractivity contribution is 7.88. The number of ether oxygens (including phenoxy) is 2. The Morgan fingerprint density at radius 2 is 2.06 bits per heavy atom. The van der Waals surface area contributed by atoms with Gasteiger partial charge in [-0.05, 0) is 56.2 Å². The molecule has 1 aromatic rings. The second-order valence-corrected chi connectivity index (χ2v) is 12.4. The lowest BCUT2D eigenvalue weighted by Crippen LogP contribution is -2.63. The monoisotopic (exact) mass is 542 g/mol. The van der Waals surface area contributed by atoms with Crippen molar-refractivity contribution in [2.75, 3.05) is 12.9 Å². The number of primary amides is 1. The maximum atomic E-state index is 12.9. The van der Waals surface area contributed by atoms with Crippen molar-refractivity contribution in [3.63, 3.8) is 0 Å². The van der Waals surface area contributed by atoms with E-state index in [1.807, 2.05) is 25.2 Å². The van der Waals surface area contributed by atoms with Crippen LogP contribution < -0.4 is 15.2 Å². The number of hydrogen-bond acceptors (Lipinski definition) is 5. The predicted molar refractivity (Wildman–Crippen MR) is 137 cm³/mol. The summed E-state index contributed by atoms with van der Waals surface area (Å²) >= 11 is 13.0. The molecule has 3 N–H and O–H groups in total. The molecular formula is C25H32Cl2N2O5S. The van der Waals surface area contributed by atoms with Gasteiger partial charge in [-0.1, -0.05) is 48.4 Å². The molecule has 0 saturated heterocycles. The Balaban J connectivity index is 1.91. The van der Waals surface area contributed by atoms with Crippen molar-refractivity contribution in [3.05, 3.63) is 51.5 Å². The molecule has 3 aliphatic rings. The smallest absolute Gasteiger partial charge is 0.217 e. The number of hydrogen-bond donors (Lipinski definition) is 2. The zero-order valence-corrected chi connectivity index (χ0v) is 22.3. The van der Waals surface area contributed by atoms with Crippen LogP contribution in [0.3, 0.4) is 0 Å². The van der Waals surface area contributed by atoms with E-state index in [1.165, 1.54) is 0 Å². The summed E-state index contributed by atoms with van der Waals surface area (Å²) < 4.78 is 41.5. The van der Waals surface area contributed by atoms with Gasteiger partial charge in [0.15, 0.2) is 0 Å². The number of amides is 1. The van der Waals surface area contributed by atoms with Gasteiger partial charge in [0.05, 0.1) is 16.8 Å². The Labute approximate surface area is 217 Å². The number of sulfonamides is 1. The lowest BCUT2D eigenvalue weighted by Gasteiger charge is -2.54. The Bertz CT molecular complexity index is 1160. The Kier molecular flexibility index (Phi) is 7.61. The third-order valence-electron chi connectivity index (χ3n) is 7.11. The van der Waals surface area contributed by atoms with Gasteiger partial charge >= 0.3 is 0 Å². The van der Waals surface area contributed by atoms with E-state index in [1.54, 1.807) is 12.1 Å². The lowest BCUT2D eigenvalue weighted by molar-refractivity contribution is -0.118. The summed E-state index contributed by atoms with van der Waals surface area (Å²) in [6.45, 7) is 2.40. The number of allylic oxidation sites excluding steroid dienone is 2. The van der Waals surface area contributed by atoms with Gasteiger partial charge < -0.3 is 15.2 Å². The molecule has 3 atom stereocenters. The number of nitrogens with two attached hydrogens (primary N) is 1. The van der Waals surface area contributed by atoms with E-state index in [4.69, 9.17) is 38.4 Å². The molecule has 1 saturated carbocycles. The predicted octanol–water partition coefficient (Wildman–Crippen LogP) is 4.63. The van der Waals surface area contributed by atoms with Crippen LogP contribution >= 0.6 is 23.2 Å². The van der Waals surface area contributed by atoms with Crippen LogP contribution in [0.15, 0.2) is 35.9 Å². The van der Waals surface area contributed by atoms with Gasteiger partial charge in [0.1, 0.15) is 17.5 Å². The molecule has 4 rings (SSSR count). The van der Waals surface area contributed by atoms with Gasteiger partial charge in [0.25, 0.3) is 0 Å². The SMILES string of the molecule is CCCOC1C(CCC(N)=O)=CC=CC1(NS(C)(=O)=O)C1CC2(CCC2)Oc2c(Cl)cc(Cl)cc21. The normalized spacial score (nSPS) is 27.0. The van der Waals surface area contributed by atoms with Crippen LogP contribution in [0.5, 0.6) is 5.75 Å². The maximum Gasteiger partial charge on any atom is 0.217 e. The first-order valence-corrected chi connectivity index (χ1v) is 14.6. The molecule has 0 radical (unpaired) electrons. The number of halogens is 2. The molecule has 1 heterocycles. The molecular weight excluding hydrogens is 511 g/mol. The average Bonchev–Trinajstić information content (AvgIpc) is 2.74. The maximum absolute atomic E-state index is 12.9. The van der Waals surface area contributed by atoms with E-state index >= 15 is 0 Å². The zero-order valence-electron chi connectivity index (χ0n) is 20.0. The van der Waals surface area contributed by atoms with Crippen LogP contribution in [0.25, 0.3) is 0 Å². The first kappa shape index (κ1) is 26.5. The quantitative estimate of drug-likeness (QED) is 0.473. The molecule has 0 bridgehead atoms. The van der Waals surface area contributed by atoms with E-state index in [0.29, 0.717) is 35.2 Å². The van der Waals surface area contributed by atoms with Gasteiger partial charge in [-0.25, -0.2) is 13.1 Å². The molecule has 1 spiro atoms. The van der Waals surface area contributed by atoms with Crippen LogP contribution in [0, 0.1) is 0 Å². The summed E-state index contributed by atoms with van der Waals surface area (Å²) in [6.07, 6.45) is 10.6. The molecule has 10 heteroatoms. The van der Waals surface area contributed by atoms with Crippen molar-refractivity contribution < 1.29 is 22.7 Å². The van der Waals surface area contributed by atoms with Gasteiger partial charge in [-0.3, -0.25) is 4.79 Å². The highest BCUT2D eigenvalue weighted by Gasteiger charge is 2.56. The van der Waals surface area contributed by atoms with Crippen molar-refractivity contribution >= 4 is 39.1 Å². The largest absolute Gasteiger partial charge is 0.485 e. The van der Waals surface area contributed by atoms with Crippen LogP contribution in [0.2, 0.25) is 10.0 Å². The van der Waals surface area contributed by atoms with Crippen LogP contribution in [0.1, 0.15) is 63.4 Å². The van der Waals surface area contributed by atoms with Crippen LogP contribution in [-0.4, -0.2) is 44.4 Å². The summed E-state index contributed by atoms with van der Waals surface area (Å²) in [5, 5.41) is 0.838. The van der Waals surface area contributed by atoms with Gasteiger partial charge in [-0.2, -0.15) is 0 Å². The average molecular weight is 544 g/mol. The Hall–Kier alpha value is -1.58. The van der Waals surface area contributed by atoms with Crippen molar-refractivity contribution in [2.45, 2.75) is 75.0 Å².